The summed E-state index contributed by atoms with van der Waals surface area (Å²) in [6, 6.07) is 48.7. The van der Waals surface area contributed by atoms with Crippen LogP contribution in [0.4, 0.5) is 0 Å². The molecule has 0 aliphatic carbocycles. The van der Waals surface area contributed by atoms with Crippen LogP contribution < -0.4 is 0 Å². The van der Waals surface area contributed by atoms with Crippen LogP contribution in [0, 0.1) is 0 Å². The third-order valence-electron chi connectivity index (χ3n) is 7.73. The number of benzene rings is 7. The van der Waals surface area contributed by atoms with Gasteiger partial charge >= 0.3 is 0 Å². The Morgan fingerprint density at radius 1 is 0.351 bits per heavy atom. The molecule has 37 heavy (non-hydrogen) atoms. The van der Waals surface area contributed by atoms with Crippen LogP contribution in [-0.2, 0) is 0 Å². The number of hydrogen-bond acceptors (Lipinski definition) is 0. The number of aromatic nitrogens is 1. The molecule has 0 fully saturated rings. The Morgan fingerprint density at radius 3 is 1.73 bits per heavy atom. The molecule has 0 atom stereocenters. The number of nitrogens with one attached hydrogen (secondary N) is 1. The van der Waals surface area contributed by atoms with E-state index in [1.165, 1.54) is 76.4 Å². The third kappa shape index (κ3) is 3.25. The highest BCUT2D eigenvalue weighted by Gasteiger charge is 2.10. The first-order valence-electron chi connectivity index (χ1n) is 12.8. The lowest BCUT2D eigenvalue weighted by molar-refractivity contribution is 1.54. The van der Waals surface area contributed by atoms with Gasteiger partial charge in [-0.3, -0.25) is 0 Å². The molecule has 1 heteroatoms. The SMILES string of the molecule is c1ccc2cc(-c3ccc4cc5cc(-c6cccc7c6[nH]c6ccccc67)ccc5cc4c3)ccc2c1. The number of H-pyrrole nitrogens is 1. The van der Waals surface area contributed by atoms with Crippen LogP contribution in [0.25, 0.3) is 76.4 Å². The number of rotatable bonds is 2. The van der Waals surface area contributed by atoms with E-state index < -0.39 is 0 Å². The Hall–Kier alpha value is -4.88. The van der Waals surface area contributed by atoms with Crippen LogP contribution in [-0.4, -0.2) is 4.98 Å². The van der Waals surface area contributed by atoms with Crippen molar-refractivity contribution in [1.82, 2.24) is 4.98 Å². The minimum atomic E-state index is 1.18. The molecule has 7 aromatic carbocycles. The molecule has 172 valence electrons. The Kier molecular flexibility index (Phi) is 4.29. The predicted octanol–water partition coefficient (Wildman–Crippen LogP) is 10.1. The van der Waals surface area contributed by atoms with Crippen LogP contribution in [0.5, 0.6) is 0 Å². The van der Waals surface area contributed by atoms with E-state index in [2.05, 4.69) is 138 Å². The van der Waals surface area contributed by atoms with Gasteiger partial charge in [-0.1, -0.05) is 97.1 Å². The summed E-state index contributed by atoms with van der Waals surface area (Å²) in [5.41, 5.74) is 7.35. The van der Waals surface area contributed by atoms with Gasteiger partial charge in [0.2, 0.25) is 0 Å². The molecule has 1 heterocycles. The average Bonchev–Trinajstić information content (AvgIpc) is 3.34. The minimum Gasteiger partial charge on any atom is -0.354 e. The summed E-state index contributed by atoms with van der Waals surface area (Å²) < 4.78 is 0. The van der Waals surface area contributed by atoms with E-state index in [4.69, 9.17) is 0 Å². The van der Waals surface area contributed by atoms with Crippen LogP contribution in [0.15, 0.2) is 133 Å². The van der Waals surface area contributed by atoms with Crippen molar-refractivity contribution in [3.8, 4) is 22.3 Å². The summed E-state index contributed by atoms with van der Waals surface area (Å²) in [7, 11) is 0. The normalized spacial score (nSPS) is 11.8. The Morgan fingerprint density at radius 2 is 0.919 bits per heavy atom. The topological polar surface area (TPSA) is 15.8 Å². The number of hydrogen-bond donors (Lipinski definition) is 1. The molecule has 0 radical (unpaired) electrons. The summed E-state index contributed by atoms with van der Waals surface area (Å²) in [5, 5.41) is 10.1. The van der Waals surface area contributed by atoms with E-state index >= 15 is 0 Å². The molecular formula is C36H23N. The highest BCUT2D eigenvalue weighted by molar-refractivity contribution is 6.12. The highest BCUT2D eigenvalue weighted by atomic mass is 14.7. The Balaban J connectivity index is 1.25. The van der Waals surface area contributed by atoms with Crippen molar-refractivity contribution in [1.29, 1.82) is 0 Å². The largest absolute Gasteiger partial charge is 0.354 e. The fourth-order valence-corrected chi connectivity index (χ4v) is 5.83. The van der Waals surface area contributed by atoms with E-state index in [-0.39, 0.29) is 0 Å². The predicted molar refractivity (Wildman–Crippen MR) is 159 cm³/mol. The Bertz CT molecular complexity index is 2140. The zero-order chi connectivity index (χ0) is 24.3. The summed E-state index contributed by atoms with van der Waals surface area (Å²) >= 11 is 0. The van der Waals surface area contributed by atoms with Crippen molar-refractivity contribution in [2.24, 2.45) is 0 Å². The maximum absolute atomic E-state index is 3.66. The van der Waals surface area contributed by atoms with E-state index in [9.17, 15) is 0 Å². The molecule has 8 rings (SSSR count). The molecule has 8 aromatic rings. The number of fused-ring (bicyclic) bond motifs is 6. The van der Waals surface area contributed by atoms with Crippen molar-refractivity contribution in [2.75, 3.05) is 0 Å². The zero-order valence-corrected chi connectivity index (χ0v) is 20.2. The van der Waals surface area contributed by atoms with Crippen LogP contribution >= 0.6 is 0 Å². The minimum absolute atomic E-state index is 1.18. The standard InChI is InChI=1S/C36H23N/c1-2-7-24-18-25(13-12-23(24)6-1)26-14-15-27-21-31-22-29(17-16-28(31)20-30(27)19-26)32-9-5-10-34-33-8-3-4-11-35(33)37-36(32)34/h1-22,37H. The van der Waals surface area contributed by atoms with Gasteiger partial charge in [-0.2, -0.15) is 0 Å². The lowest BCUT2D eigenvalue weighted by atomic mass is 9.95. The van der Waals surface area contributed by atoms with E-state index in [1.54, 1.807) is 0 Å². The molecule has 1 aromatic heterocycles. The number of para-hydroxylation sites is 2. The lowest BCUT2D eigenvalue weighted by Crippen LogP contribution is -1.84. The molecule has 0 aliphatic heterocycles. The van der Waals surface area contributed by atoms with Gasteiger partial charge in [0.25, 0.3) is 0 Å². The van der Waals surface area contributed by atoms with E-state index in [0.29, 0.717) is 0 Å². The van der Waals surface area contributed by atoms with Crippen LogP contribution in [0.3, 0.4) is 0 Å². The van der Waals surface area contributed by atoms with E-state index in [1.807, 2.05) is 0 Å². The first-order chi connectivity index (χ1) is 18.3. The molecular weight excluding hydrogens is 446 g/mol. The smallest absolute Gasteiger partial charge is 0.0544 e. The van der Waals surface area contributed by atoms with Gasteiger partial charge in [0.1, 0.15) is 0 Å². The third-order valence-corrected chi connectivity index (χ3v) is 7.73. The van der Waals surface area contributed by atoms with Gasteiger partial charge < -0.3 is 4.98 Å². The van der Waals surface area contributed by atoms with Gasteiger partial charge in [0, 0.05) is 21.9 Å². The van der Waals surface area contributed by atoms with Crippen molar-refractivity contribution >= 4 is 54.1 Å². The maximum Gasteiger partial charge on any atom is 0.0544 e. The molecule has 1 nitrogen and oxygen atoms in total. The maximum atomic E-state index is 3.66. The zero-order valence-electron chi connectivity index (χ0n) is 20.2. The first-order valence-corrected chi connectivity index (χ1v) is 12.8. The van der Waals surface area contributed by atoms with Gasteiger partial charge in [0.05, 0.1) is 5.52 Å². The van der Waals surface area contributed by atoms with Crippen molar-refractivity contribution < 1.29 is 0 Å². The quantitative estimate of drug-likeness (QED) is 0.242. The second kappa shape index (κ2) is 7.81. The summed E-state index contributed by atoms with van der Waals surface area (Å²) in [4.78, 5) is 3.66. The van der Waals surface area contributed by atoms with Crippen molar-refractivity contribution in [3.63, 3.8) is 0 Å². The number of aromatic amines is 1. The molecule has 0 saturated carbocycles. The lowest BCUT2D eigenvalue weighted by Gasteiger charge is -2.09. The fraction of sp³-hybridized carbons (Fsp3) is 0. The van der Waals surface area contributed by atoms with E-state index in [0.717, 1.165) is 0 Å². The molecule has 1 N–H and O–H groups in total. The van der Waals surface area contributed by atoms with Gasteiger partial charge in [-0.15, -0.1) is 0 Å². The summed E-state index contributed by atoms with van der Waals surface area (Å²) in [5.74, 6) is 0. The first kappa shape index (κ1) is 20.3. The molecule has 0 unspecified atom stereocenters. The van der Waals surface area contributed by atoms with Gasteiger partial charge in [-0.05, 0) is 85.4 Å². The van der Waals surface area contributed by atoms with Crippen molar-refractivity contribution in [2.45, 2.75) is 0 Å². The molecule has 0 saturated heterocycles. The molecule has 0 amide bonds. The Labute approximate surface area is 214 Å². The van der Waals surface area contributed by atoms with Crippen LogP contribution in [0.1, 0.15) is 0 Å². The van der Waals surface area contributed by atoms with Gasteiger partial charge in [0.15, 0.2) is 0 Å². The average molecular weight is 470 g/mol. The fourth-order valence-electron chi connectivity index (χ4n) is 5.83. The second-order valence-corrected chi connectivity index (χ2v) is 9.94. The molecule has 0 bridgehead atoms. The summed E-state index contributed by atoms with van der Waals surface area (Å²) in [6.45, 7) is 0. The molecule has 0 spiro atoms. The van der Waals surface area contributed by atoms with Crippen LogP contribution in [0.2, 0.25) is 0 Å². The monoisotopic (exact) mass is 469 g/mol. The second-order valence-electron chi connectivity index (χ2n) is 9.94. The van der Waals surface area contributed by atoms with Gasteiger partial charge in [-0.25, -0.2) is 0 Å². The van der Waals surface area contributed by atoms with Crippen molar-refractivity contribution in [3.05, 3.63) is 133 Å². The summed E-state index contributed by atoms with van der Waals surface area (Å²) in [6.07, 6.45) is 0. The molecule has 0 aliphatic rings. The highest BCUT2D eigenvalue weighted by Crippen LogP contribution is 2.36.